The van der Waals surface area contributed by atoms with Crippen molar-refractivity contribution in [1.82, 2.24) is 25.3 Å². The van der Waals surface area contributed by atoms with E-state index >= 15 is 0 Å². The van der Waals surface area contributed by atoms with Gasteiger partial charge in [-0.2, -0.15) is 0 Å². The van der Waals surface area contributed by atoms with Crippen LogP contribution in [0.5, 0.6) is 0 Å². The maximum atomic E-state index is 12.1. The third-order valence-electron chi connectivity index (χ3n) is 6.20. The second-order valence-corrected chi connectivity index (χ2v) is 7.96. The highest BCUT2D eigenvalue weighted by Gasteiger charge is 2.35. The minimum atomic E-state index is 0.343. The summed E-state index contributed by atoms with van der Waals surface area (Å²) in [6, 6.07) is 1.01. The van der Waals surface area contributed by atoms with Crippen LogP contribution in [0.4, 0.5) is 0 Å². The zero-order valence-corrected chi connectivity index (χ0v) is 15.4. The highest BCUT2D eigenvalue weighted by atomic mass is 16.2. The Morgan fingerprint density at radius 1 is 1.04 bits per heavy atom. The summed E-state index contributed by atoms with van der Waals surface area (Å²) in [5, 5.41) is 7.09. The smallest absolute Gasteiger partial charge is 0.225 e. The Labute approximate surface area is 150 Å². The summed E-state index contributed by atoms with van der Waals surface area (Å²) in [6.45, 7) is 8.74. The van der Waals surface area contributed by atoms with E-state index in [1.165, 1.54) is 32.7 Å². The van der Waals surface area contributed by atoms with Crippen LogP contribution in [-0.4, -0.2) is 98.1 Å². The minimum absolute atomic E-state index is 0.343. The van der Waals surface area contributed by atoms with Gasteiger partial charge in [0, 0.05) is 77.4 Å². The Bertz CT molecular complexity index is 504. The number of hydrogen-bond donors (Lipinski definition) is 2. The van der Waals surface area contributed by atoms with Crippen molar-refractivity contribution in [1.29, 1.82) is 0 Å². The quantitative estimate of drug-likeness (QED) is 0.532. The maximum absolute atomic E-state index is 12.1. The van der Waals surface area contributed by atoms with Crippen LogP contribution < -0.4 is 10.6 Å². The van der Waals surface area contributed by atoms with Crippen molar-refractivity contribution >= 4 is 11.9 Å². The molecule has 0 radical (unpaired) electrons. The van der Waals surface area contributed by atoms with Gasteiger partial charge < -0.3 is 15.5 Å². The van der Waals surface area contributed by atoms with Gasteiger partial charge in [-0.15, -0.1) is 0 Å². The van der Waals surface area contributed by atoms with E-state index in [9.17, 15) is 4.79 Å². The number of carbonyl (C=O) groups excluding carboxylic acids is 1. The van der Waals surface area contributed by atoms with Crippen molar-refractivity contribution in [2.24, 2.45) is 10.9 Å². The monoisotopic (exact) mass is 348 g/mol. The highest BCUT2D eigenvalue weighted by Crippen LogP contribution is 2.31. The molecule has 1 atom stereocenters. The average molecular weight is 348 g/mol. The predicted octanol–water partition coefficient (Wildman–Crippen LogP) is -0.448. The fourth-order valence-corrected chi connectivity index (χ4v) is 4.35. The topological polar surface area (TPSA) is 63.2 Å². The molecule has 5 rings (SSSR count). The van der Waals surface area contributed by atoms with Crippen molar-refractivity contribution < 1.29 is 4.79 Å². The summed E-state index contributed by atoms with van der Waals surface area (Å²) >= 11 is 0. The molecular formula is C18H32N6O. The number of piperidine rings is 1. The Morgan fingerprint density at radius 3 is 2.32 bits per heavy atom. The number of rotatable bonds is 4. The number of likely N-dealkylation sites (tertiary alicyclic amines) is 1. The van der Waals surface area contributed by atoms with Crippen molar-refractivity contribution in [2.75, 3.05) is 59.4 Å². The summed E-state index contributed by atoms with van der Waals surface area (Å²) in [4.78, 5) is 23.8. The number of amides is 1. The van der Waals surface area contributed by atoms with Gasteiger partial charge in [-0.3, -0.25) is 19.6 Å². The van der Waals surface area contributed by atoms with E-state index in [1.54, 1.807) is 0 Å². The maximum Gasteiger partial charge on any atom is 0.225 e. The lowest BCUT2D eigenvalue weighted by atomic mass is 10.0. The number of carbonyl (C=O) groups is 1. The Balaban J connectivity index is 1.19. The summed E-state index contributed by atoms with van der Waals surface area (Å²) in [5.41, 5.74) is 0. The number of hydrogen-bond acceptors (Lipinski definition) is 4. The lowest BCUT2D eigenvalue weighted by molar-refractivity contribution is -0.133. The minimum Gasteiger partial charge on any atom is -0.355 e. The van der Waals surface area contributed by atoms with E-state index in [-0.39, 0.29) is 0 Å². The van der Waals surface area contributed by atoms with Crippen molar-refractivity contribution in [3.05, 3.63) is 0 Å². The molecular weight excluding hydrogens is 316 g/mol. The molecule has 4 heterocycles. The fraction of sp³-hybridized carbons (Fsp3) is 0.889. The zero-order chi connectivity index (χ0) is 17.2. The van der Waals surface area contributed by atoms with Crippen molar-refractivity contribution in [3.8, 4) is 0 Å². The van der Waals surface area contributed by atoms with Gasteiger partial charge in [0.15, 0.2) is 5.96 Å². The molecule has 0 aromatic carbocycles. The fourth-order valence-electron chi connectivity index (χ4n) is 4.35. The number of fused-ring (bicyclic) bond motifs is 3. The molecule has 140 valence electrons. The molecule has 1 unspecified atom stereocenters. The van der Waals surface area contributed by atoms with Gasteiger partial charge in [0.25, 0.3) is 0 Å². The summed E-state index contributed by atoms with van der Waals surface area (Å²) in [6.07, 6.45) is 4.23. The largest absolute Gasteiger partial charge is 0.355 e. The molecule has 1 saturated carbocycles. The number of nitrogens with one attached hydrogen (secondary N) is 2. The standard InChI is InChI=1S/C18H32N6O/c1-19-18(20-12-16-13-22-8-10-23(16)11-9-22)21-15-4-6-24(7-5-15)17(25)14-2-3-14/h14-16H,2-13H2,1H3,(H2,19,20,21). The van der Waals surface area contributed by atoms with E-state index in [1.807, 2.05) is 7.05 Å². The third-order valence-corrected chi connectivity index (χ3v) is 6.20. The van der Waals surface area contributed by atoms with Gasteiger partial charge in [-0.25, -0.2) is 0 Å². The molecule has 4 aliphatic heterocycles. The number of guanidine groups is 1. The number of nitrogens with zero attached hydrogens (tertiary/aromatic N) is 4. The lowest BCUT2D eigenvalue weighted by Crippen LogP contribution is -2.64. The van der Waals surface area contributed by atoms with Crippen LogP contribution in [0.3, 0.4) is 0 Å². The average Bonchev–Trinajstić information content (AvgIpc) is 3.51. The summed E-state index contributed by atoms with van der Waals surface area (Å²) < 4.78 is 0. The summed E-state index contributed by atoms with van der Waals surface area (Å²) in [7, 11) is 1.85. The van der Waals surface area contributed by atoms with Gasteiger partial charge >= 0.3 is 0 Å². The Hall–Kier alpha value is -1.34. The zero-order valence-electron chi connectivity index (χ0n) is 15.4. The Kier molecular flexibility index (Phi) is 5.12. The van der Waals surface area contributed by atoms with Crippen LogP contribution in [0.1, 0.15) is 25.7 Å². The molecule has 5 fully saturated rings. The molecule has 1 aliphatic carbocycles. The number of aliphatic imine (C=N–C) groups is 1. The first kappa shape index (κ1) is 17.1. The second kappa shape index (κ2) is 7.50. The molecule has 4 saturated heterocycles. The van der Waals surface area contributed by atoms with Gasteiger partial charge in [0.05, 0.1) is 0 Å². The first-order valence-electron chi connectivity index (χ1n) is 9.95. The number of piperazine rings is 3. The van der Waals surface area contributed by atoms with E-state index in [0.717, 1.165) is 51.3 Å². The second-order valence-electron chi connectivity index (χ2n) is 7.96. The molecule has 7 heteroatoms. The predicted molar refractivity (Wildman–Crippen MR) is 98.6 cm³/mol. The molecule has 7 nitrogen and oxygen atoms in total. The normalized spacial score (nSPS) is 33.4. The van der Waals surface area contributed by atoms with Crippen molar-refractivity contribution in [3.63, 3.8) is 0 Å². The molecule has 0 aromatic heterocycles. The third kappa shape index (κ3) is 4.08. The Morgan fingerprint density at radius 2 is 1.76 bits per heavy atom. The van der Waals surface area contributed by atoms with Crippen LogP contribution in [0.25, 0.3) is 0 Å². The van der Waals surface area contributed by atoms with Gasteiger partial charge in [-0.05, 0) is 25.7 Å². The molecule has 2 bridgehead atoms. The van der Waals surface area contributed by atoms with E-state index in [0.29, 0.717) is 23.9 Å². The van der Waals surface area contributed by atoms with Crippen LogP contribution in [0.15, 0.2) is 4.99 Å². The molecule has 0 aromatic rings. The summed E-state index contributed by atoms with van der Waals surface area (Å²) in [5.74, 6) is 1.64. The van der Waals surface area contributed by atoms with Gasteiger partial charge in [-0.1, -0.05) is 0 Å². The van der Waals surface area contributed by atoms with Crippen LogP contribution in [-0.2, 0) is 4.79 Å². The van der Waals surface area contributed by atoms with Crippen LogP contribution in [0.2, 0.25) is 0 Å². The van der Waals surface area contributed by atoms with E-state index in [2.05, 4.69) is 30.3 Å². The highest BCUT2D eigenvalue weighted by molar-refractivity contribution is 5.81. The molecule has 5 aliphatic rings. The first-order chi connectivity index (χ1) is 12.2. The molecule has 25 heavy (non-hydrogen) atoms. The van der Waals surface area contributed by atoms with Gasteiger partial charge in [0.2, 0.25) is 5.91 Å². The SMILES string of the molecule is CN=C(NCC1CN2CCN1CC2)NC1CCN(C(=O)C2CC2)CC1. The van der Waals surface area contributed by atoms with Crippen LogP contribution >= 0.6 is 0 Å². The van der Waals surface area contributed by atoms with Crippen molar-refractivity contribution in [2.45, 2.75) is 37.8 Å². The molecule has 1 amide bonds. The van der Waals surface area contributed by atoms with E-state index in [4.69, 9.17) is 0 Å². The van der Waals surface area contributed by atoms with Gasteiger partial charge in [0.1, 0.15) is 0 Å². The first-order valence-corrected chi connectivity index (χ1v) is 9.95. The van der Waals surface area contributed by atoms with E-state index < -0.39 is 0 Å². The van der Waals surface area contributed by atoms with Crippen LogP contribution in [0, 0.1) is 5.92 Å². The molecule has 2 N–H and O–H groups in total. The lowest BCUT2D eigenvalue weighted by Gasteiger charge is -2.47. The molecule has 0 spiro atoms.